The van der Waals surface area contributed by atoms with Crippen molar-refractivity contribution in [2.45, 2.75) is 88.5 Å². The minimum atomic E-state index is -1.05. The predicted octanol–water partition coefficient (Wildman–Crippen LogP) is 5.33. The van der Waals surface area contributed by atoms with E-state index in [0.717, 1.165) is 48.3 Å². The standard InChI is InChI=1S/2C21H23FN6O2S/c2*1-13(29)19(30)24-10-14-11-25-20(31-14)16-5-6-17(28-27-16)26-12-21(7-3-8-21)18-15(22)4-2-9-23-18/h2*2,4-6,9,11,13,29H,3,7-8,10,12H2,1H3,(H,24,30)(H,26,28). The first-order valence-corrected chi connectivity index (χ1v) is 21.8. The molecular formula is C42H46F2N12O4S2. The molecule has 2 saturated carbocycles. The summed E-state index contributed by atoms with van der Waals surface area (Å²) in [5.41, 5.74) is 1.64. The van der Waals surface area contributed by atoms with E-state index in [2.05, 4.69) is 61.6 Å². The number of carbonyl (C=O) groups excluding carboxylic acids is 2. The number of aromatic nitrogens is 8. The molecule has 2 fully saturated rings. The number of amides is 2. The number of thiazole rings is 2. The zero-order valence-electron chi connectivity index (χ0n) is 34.0. The van der Waals surface area contributed by atoms with Crippen LogP contribution in [-0.2, 0) is 33.5 Å². The Morgan fingerprint density at radius 2 is 1.06 bits per heavy atom. The highest BCUT2D eigenvalue weighted by molar-refractivity contribution is 7.15. The van der Waals surface area contributed by atoms with Crippen molar-refractivity contribution < 1.29 is 28.6 Å². The summed E-state index contributed by atoms with van der Waals surface area (Å²) in [4.78, 5) is 41.8. The maximum Gasteiger partial charge on any atom is 0.248 e. The van der Waals surface area contributed by atoms with Crippen molar-refractivity contribution in [2.24, 2.45) is 0 Å². The highest BCUT2D eigenvalue weighted by Crippen LogP contribution is 2.45. The Morgan fingerprint density at radius 3 is 1.39 bits per heavy atom. The number of aliphatic hydroxyl groups is 2. The van der Waals surface area contributed by atoms with Gasteiger partial charge in [-0.3, -0.25) is 19.6 Å². The fourth-order valence-corrected chi connectivity index (χ4v) is 8.65. The van der Waals surface area contributed by atoms with Gasteiger partial charge in [0.15, 0.2) is 0 Å². The average Bonchev–Trinajstić information content (AvgIpc) is 3.93. The number of pyridine rings is 2. The minimum Gasteiger partial charge on any atom is -0.384 e. The molecule has 0 aromatic carbocycles. The third kappa shape index (κ3) is 10.6. The zero-order valence-corrected chi connectivity index (χ0v) is 35.6. The monoisotopic (exact) mass is 884 g/mol. The number of carbonyl (C=O) groups is 2. The van der Waals surface area contributed by atoms with Crippen LogP contribution >= 0.6 is 22.7 Å². The van der Waals surface area contributed by atoms with Crippen molar-refractivity contribution in [3.05, 3.63) is 106 Å². The van der Waals surface area contributed by atoms with E-state index in [9.17, 15) is 28.6 Å². The lowest BCUT2D eigenvalue weighted by Crippen LogP contribution is -2.42. The van der Waals surface area contributed by atoms with Gasteiger partial charge in [0.05, 0.1) is 24.5 Å². The van der Waals surface area contributed by atoms with Crippen molar-refractivity contribution in [3.8, 4) is 21.4 Å². The fourth-order valence-electron chi connectivity index (χ4n) is 7.01. The van der Waals surface area contributed by atoms with Crippen molar-refractivity contribution in [1.29, 1.82) is 0 Å². The van der Waals surface area contributed by atoms with Crippen LogP contribution in [0.2, 0.25) is 0 Å². The van der Waals surface area contributed by atoms with Gasteiger partial charge in [-0.05, 0) is 88.1 Å². The van der Waals surface area contributed by atoms with E-state index in [1.54, 1.807) is 36.9 Å². The second-order valence-corrected chi connectivity index (χ2v) is 17.5. The number of hydrogen-bond acceptors (Lipinski definition) is 16. The third-order valence-electron chi connectivity index (χ3n) is 10.9. The van der Waals surface area contributed by atoms with Gasteiger partial charge in [0.2, 0.25) is 11.8 Å². The van der Waals surface area contributed by atoms with E-state index < -0.39 is 24.0 Å². The first-order valence-electron chi connectivity index (χ1n) is 20.1. The number of halogens is 2. The van der Waals surface area contributed by atoms with Gasteiger partial charge in [-0.2, -0.15) is 0 Å². The van der Waals surface area contributed by atoms with Crippen molar-refractivity contribution in [3.63, 3.8) is 0 Å². The molecule has 324 valence electrons. The Bertz CT molecular complexity index is 2270. The van der Waals surface area contributed by atoms with Crippen LogP contribution in [0.3, 0.4) is 0 Å². The van der Waals surface area contributed by atoms with E-state index in [4.69, 9.17) is 0 Å². The first-order chi connectivity index (χ1) is 29.9. The van der Waals surface area contributed by atoms with E-state index in [0.29, 0.717) is 70.6 Å². The van der Waals surface area contributed by atoms with Crippen LogP contribution in [0.5, 0.6) is 0 Å². The summed E-state index contributed by atoms with van der Waals surface area (Å²) in [6.07, 6.45) is 10.1. The van der Waals surface area contributed by atoms with E-state index in [1.165, 1.54) is 48.7 Å². The minimum absolute atomic E-state index is 0.269. The molecule has 0 bridgehead atoms. The van der Waals surface area contributed by atoms with Crippen LogP contribution in [0.15, 0.2) is 73.3 Å². The Morgan fingerprint density at radius 1 is 0.645 bits per heavy atom. The Labute approximate surface area is 364 Å². The molecule has 0 saturated heterocycles. The van der Waals surface area contributed by atoms with Gasteiger partial charge in [-0.15, -0.1) is 43.1 Å². The molecule has 6 aromatic rings. The Balaban J connectivity index is 0.000000186. The summed E-state index contributed by atoms with van der Waals surface area (Å²) in [6.45, 7) is 4.50. The average molecular weight is 885 g/mol. The highest BCUT2D eigenvalue weighted by atomic mass is 32.1. The van der Waals surface area contributed by atoms with Crippen molar-refractivity contribution in [2.75, 3.05) is 23.7 Å². The maximum atomic E-state index is 14.3. The van der Waals surface area contributed by atoms with Crippen molar-refractivity contribution in [1.82, 2.24) is 51.0 Å². The lowest BCUT2D eigenvalue weighted by molar-refractivity contribution is -0.129. The quantitative estimate of drug-likeness (QED) is 0.0723. The number of rotatable bonds is 16. The molecule has 2 aliphatic rings. The van der Waals surface area contributed by atoms with Crippen LogP contribution in [0.25, 0.3) is 21.4 Å². The third-order valence-corrected chi connectivity index (χ3v) is 12.9. The summed E-state index contributed by atoms with van der Waals surface area (Å²) in [5, 5.41) is 48.6. The SMILES string of the molecule is CC(O)C(=O)NCc1cnc(-c2ccc(NCC3(c4ncccc4F)CCC3)nn2)s1.CC(O)C(=O)NCc1cnc(-c2ccc(NCC3(c4ncccc4F)CCC3)nn2)s1. The molecular weight excluding hydrogens is 839 g/mol. The van der Waals surface area contributed by atoms with Gasteiger partial charge in [0, 0.05) is 58.5 Å². The van der Waals surface area contributed by atoms with E-state index in [-0.39, 0.29) is 22.5 Å². The second kappa shape index (κ2) is 19.8. The summed E-state index contributed by atoms with van der Waals surface area (Å²) >= 11 is 2.79. The van der Waals surface area contributed by atoms with Crippen LogP contribution in [0.4, 0.5) is 20.4 Å². The highest BCUT2D eigenvalue weighted by Gasteiger charge is 2.43. The fraction of sp³-hybridized carbons (Fsp3) is 0.381. The molecule has 0 spiro atoms. The molecule has 8 rings (SSSR count). The molecule has 2 unspecified atom stereocenters. The van der Waals surface area contributed by atoms with Crippen LogP contribution < -0.4 is 21.3 Å². The lowest BCUT2D eigenvalue weighted by Gasteiger charge is -2.41. The summed E-state index contributed by atoms with van der Waals surface area (Å²) in [6, 6.07) is 13.4. The first kappa shape index (κ1) is 44.1. The van der Waals surface area contributed by atoms with Crippen LogP contribution in [-0.4, -0.2) is 87.7 Å². The normalized spacial score (nSPS) is 15.7. The van der Waals surface area contributed by atoms with E-state index >= 15 is 0 Å². The summed E-state index contributed by atoms with van der Waals surface area (Å²) < 4.78 is 28.5. The molecule has 2 atom stereocenters. The van der Waals surface area contributed by atoms with E-state index in [1.807, 2.05) is 24.3 Å². The van der Waals surface area contributed by atoms with Gasteiger partial charge in [0.1, 0.15) is 56.9 Å². The van der Waals surface area contributed by atoms with Crippen LogP contribution in [0, 0.1) is 11.6 Å². The van der Waals surface area contributed by atoms with Gasteiger partial charge in [-0.1, -0.05) is 12.8 Å². The smallest absolute Gasteiger partial charge is 0.248 e. The molecule has 16 nitrogen and oxygen atoms in total. The number of aliphatic hydroxyl groups excluding tert-OH is 2. The molecule has 2 amide bonds. The number of anilines is 2. The lowest BCUT2D eigenvalue weighted by atomic mass is 9.66. The summed E-state index contributed by atoms with van der Waals surface area (Å²) in [7, 11) is 0. The second-order valence-electron chi connectivity index (χ2n) is 15.3. The number of hydrogen-bond donors (Lipinski definition) is 6. The molecule has 0 radical (unpaired) electrons. The molecule has 6 N–H and O–H groups in total. The number of nitrogens with one attached hydrogen (secondary N) is 4. The Kier molecular flexibility index (Phi) is 14.1. The molecule has 6 heterocycles. The number of nitrogens with zero attached hydrogens (tertiary/aromatic N) is 8. The van der Waals surface area contributed by atoms with Crippen LogP contribution in [0.1, 0.15) is 73.5 Å². The molecule has 0 aliphatic heterocycles. The molecule has 62 heavy (non-hydrogen) atoms. The van der Waals surface area contributed by atoms with Gasteiger partial charge < -0.3 is 31.5 Å². The molecule has 6 aromatic heterocycles. The molecule has 2 aliphatic carbocycles. The topological polar surface area (TPSA) is 226 Å². The van der Waals surface area contributed by atoms with Gasteiger partial charge in [0.25, 0.3) is 0 Å². The summed E-state index contributed by atoms with van der Waals surface area (Å²) in [5.74, 6) is -0.191. The molecule has 20 heteroatoms. The van der Waals surface area contributed by atoms with Gasteiger partial charge >= 0.3 is 0 Å². The largest absolute Gasteiger partial charge is 0.384 e. The maximum absolute atomic E-state index is 14.3. The van der Waals surface area contributed by atoms with Gasteiger partial charge in [-0.25, -0.2) is 18.7 Å². The Hall–Kier alpha value is -5.96. The van der Waals surface area contributed by atoms with Crippen molar-refractivity contribution >= 4 is 46.1 Å². The zero-order chi connectivity index (χ0) is 43.7. The predicted molar refractivity (Wildman–Crippen MR) is 230 cm³/mol.